The Bertz CT molecular complexity index is 549. The van der Waals surface area contributed by atoms with Crippen molar-refractivity contribution in [3.05, 3.63) is 12.7 Å². The van der Waals surface area contributed by atoms with Gasteiger partial charge in [0.1, 0.15) is 0 Å². The lowest BCUT2D eigenvalue weighted by molar-refractivity contribution is -0.196. The van der Waals surface area contributed by atoms with Crippen LogP contribution in [0.25, 0.3) is 0 Å². The van der Waals surface area contributed by atoms with Gasteiger partial charge in [-0.15, -0.1) is 0 Å². The smallest absolute Gasteiger partial charge is 0.346 e. The fourth-order valence-electron chi connectivity index (χ4n) is 3.09. The summed E-state index contributed by atoms with van der Waals surface area (Å²) in [5, 5.41) is 0. The van der Waals surface area contributed by atoms with Gasteiger partial charge in [-0.25, -0.2) is 9.18 Å². The predicted molar refractivity (Wildman–Crippen MR) is 82.8 cm³/mol. The molecule has 134 valence electrons. The zero-order valence-corrected chi connectivity index (χ0v) is 14.0. The van der Waals surface area contributed by atoms with Crippen LogP contribution in [0, 0.1) is 5.41 Å². The number of amides is 2. The summed E-state index contributed by atoms with van der Waals surface area (Å²) in [5.74, 6) is -1.75. The van der Waals surface area contributed by atoms with Crippen molar-refractivity contribution in [3.8, 4) is 0 Å². The maximum Gasteiger partial charge on any atom is 0.346 e. The van der Waals surface area contributed by atoms with Gasteiger partial charge in [0.2, 0.25) is 17.5 Å². The minimum atomic E-state index is -2.28. The number of hydrogen-bond acceptors (Lipinski definition) is 5. The molecule has 0 aromatic heterocycles. The van der Waals surface area contributed by atoms with Gasteiger partial charge in [-0.1, -0.05) is 6.58 Å². The van der Waals surface area contributed by atoms with Crippen molar-refractivity contribution >= 4 is 17.8 Å². The molecule has 2 aliphatic rings. The number of rotatable bonds is 6. The molecule has 0 aliphatic carbocycles. The molecule has 1 unspecified atom stereocenters. The third-order valence-corrected chi connectivity index (χ3v) is 4.65. The first kappa shape index (κ1) is 18.4. The Hall–Kier alpha value is -1.96. The van der Waals surface area contributed by atoms with Crippen LogP contribution in [0.4, 0.5) is 4.39 Å². The lowest BCUT2D eigenvalue weighted by atomic mass is 9.74. The van der Waals surface area contributed by atoms with E-state index in [1.165, 1.54) is 9.80 Å². The monoisotopic (exact) mass is 342 g/mol. The van der Waals surface area contributed by atoms with Crippen LogP contribution >= 0.6 is 0 Å². The summed E-state index contributed by atoms with van der Waals surface area (Å²) >= 11 is 0. The third kappa shape index (κ3) is 2.90. The maximum atomic E-state index is 15.4. The molecule has 8 heteroatoms. The molecule has 2 aliphatic heterocycles. The van der Waals surface area contributed by atoms with E-state index in [-0.39, 0.29) is 45.4 Å². The number of likely N-dealkylation sites (tertiary alicyclic amines) is 1. The van der Waals surface area contributed by atoms with Crippen LogP contribution in [0.15, 0.2) is 12.7 Å². The van der Waals surface area contributed by atoms with Gasteiger partial charge in [-0.2, -0.15) is 0 Å². The van der Waals surface area contributed by atoms with E-state index in [0.717, 1.165) is 6.08 Å². The molecule has 2 fully saturated rings. The molecule has 0 radical (unpaired) electrons. The van der Waals surface area contributed by atoms with E-state index >= 15 is 4.39 Å². The van der Waals surface area contributed by atoms with Crippen LogP contribution in [0.1, 0.15) is 13.8 Å². The van der Waals surface area contributed by atoms with Gasteiger partial charge in [0.05, 0.1) is 38.3 Å². The molecule has 0 aromatic rings. The molecule has 0 N–H and O–H groups in total. The Morgan fingerprint density at radius 1 is 1.33 bits per heavy atom. The molecule has 2 rings (SSSR count). The summed E-state index contributed by atoms with van der Waals surface area (Å²) < 4.78 is 25.4. The zero-order chi connectivity index (χ0) is 18.0. The van der Waals surface area contributed by atoms with Crippen LogP contribution in [-0.2, 0) is 23.9 Å². The highest BCUT2D eigenvalue weighted by molar-refractivity contribution is 5.91. The lowest BCUT2D eigenvalue weighted by Gasteiger charge is -2.43. The van der Waals surface area contributed by atoms with Gasteiger partial charge in [-0.3, -0.25) is 9.59 Å². The number of carbonyl (C=O) groups excluding carboxylic acids is 3. The fourth-order valence-corrected chi connectivity index (χ4v) is 3.09. The molecule has 0 bridgehead atoms. The van der Waals surface area contributed by atoms with Gasteiger partial charge in [0, 0.05) is 13.1 Å². The largest absolute Gasteiger partial charge is 0.464 e. The predicted octanol–water partition coefficient (Wildman–Crippen LogP) is 0.151. The highest BCUT2D eigenvalue weighted by Gasteiger charge is 2.68. The summed E-state index contributed by atoms with van der Waals surface area (Å²) in [6.45, 7) is 6.76. The molecule has 0 aromatic carbocycles. The number of ether oxygens (including phenoxy) is 2. The summed E-state index contributed by atoms with van der Waals surface area (Å²) in [4.78, 5) is 38.8. The molecule has 1 spiro atoms. The number of likely N-dealkylation sites (N-methyl/N-ethyl adjacent to an activating group) is 1. The standard InChI is InChI=1S/C16H23FN2O5/c1-4-12(20)18(5-2)7-13(21)19-8-15(10-23-11-15)16(17,9-19)14(22)24-6-3/h4H,1,5-11H2,2-3H3. The second-order valence-corrected chi connectivity index (χ2v) is 6.10. The number of esters is 1. The van der Waals surface area contributed by atoms with Crippen molar-refractivity contribution in [2.75, 3.05) is 46.0 Å². The van der Waals surface area contributed by atoms with Crippen LogP contribution in [0.5, 0.6) is 0 Å². The summed E-state index contributed by atoms with van der Waals surface area (Å²) in [5.41, 5.74) is -3.34. The minimum absolute atomic E-state index is 0.0623. The molecule has 24 heavy (non-hydrogen) atoms. The first-order valence-corrected chi connectivity index (χ1v) is 7.96. The quantitative estimate of drug-likeness (QED) is 0.507. The van der Waals surface area contributed by atoms with Crippen LogP contribution in [0.3, 0.4) is 0 Å². The highest BCUT2D eigenvalue weighted by Crippen LogP contribution is 2.48. The van der Waals surface area contributed by atoms with Gasteiger partial charge >= 0.3 is 5.97 Å². The van der Waals surface area contributed by atoms with Gasteiger partial charge in [0.15, 0.2) is 0 Å². The van der Waals surface area contributed by atoms with E-state index in [0.29, 0.717) is 6.54 Å². The third-order valence-electron chi connectivity index (χ3n) is 4.65. The Morgan fingerprint density at radius 2 is 2.00 bits per heavy atom. The fraction of sp³-hybridized carbons (Fsp3) is 0.688. The molecule has 7 nitrogen and oxygen atoms in total. The average Bonchev–Trinajstić information content (AvgIpc) is 2.87. The second kappa shape index (κ2) is 6.88. The van der Waals surface area contributed by atoms with E-state index in [1.807, 2.05) is 0 Å². The Balaban J connectivity index is 2.13. The van der Waals surface area contributed by atoms with E-state index in [1.54, 1.807) is 13.8 Å². The van der Waals surface area contributed by atoms with E-state index in [9.17, 15) is 14.4 Å². The van der Waals surface area contributed by atoms with Crippen molar-refractivity contribution in [2.45, 2.75) is 19.5 Å². The number of halogens is 1. The van der Waals surface area contributed by atoms with Crippen molar-refractivity contribution in [1.82, 2.24) is 9.80 Å². The van der Waals surface area contributed by atoms with Gasteiger partial charge in [-0.05, 0) is 19.9 Å². The normalized spacial score (nSPS) is 24.4. The number of alkyl halides is 1. The topological polar surface area (TPSA) is 76.2 Å². The zero-order valence-electron chi connectivity index (χ0n) is 14.0. The highest BCUT2D eigenvalue weighted by atomic mass is 19.1. The van der Waals surface area contributed by atoms with Crippen molar-refractivity contribution < 1.29 is 28.2 Å². The van der Waals surface area contributed by atoms with Crippen molar-refractivity contribution in [2.24, 2.45) is 5.41 Å². The summed E-state index contributed by atoms with van der Waals surface area (Å²) in [6.07, 6.45) is 1.13. The number of carbonyl (C=O) groups is 3. The second-order valence-electron chi connectivity index (χ2n) is 6.10. The molecule has 1 atom stereocenters. The molecule has 2 amide bonds. The van der Waals surface area contributed by atoms with E-state index < -0.39 is 23.0 Å². The molecule has 0 saturated carbocycles. The molecule has 2 heterocycles. The van der Waals surface area contributed by atoms with Crippen molar-refractivity contribution in [1.29, 1.82) is 0 Å². The Kier molecular flexibility index (Phi) is 5.27. The average molecular weight is 342 g/mol. The maximum absolute atomic E-state index is 15.4. The first-order valence-electron chi connectivity index (χ1n) is 7.96. The van der Waals surface area contributed by atoms with Crippen molar-refractivity contribution in [3.63, 3.8) is 0 Å². The molecular weight excluding hydrogens is 319 g/mol. The molecule has 2 saturated heterocycles. The first-order chi connectivity index (χ1) is 11.3. The van der Waals surface area contributed by atoms with Crippen LogP contribution < -0.4 is 0 Å². The van der Waals surface area contributed by atoms with Gasteiger partial charge < -0.3 is 19.3 Å². The lowest BCUT2D eigenvalue weighted by Crippen LogP contribution is -2.61. The molecular formula is C16H23FN2O5. The minimum Gasteiger partial charge on any atom is -0.464 e. The number of nitrogens with zero attached hydrogens (tertiary/aromatic N) is 2. The number of hydrogen-bond donors (Lipinski definition) is 0. The SMILES string of the molecule is C=CC(=O)N(CC)CC(=O)N1CC2(COC2)C(F)(C(=O)OCC)C1. The van der Waals surface area contributed by atoms with Crippen LogP contribution in [-0.4, -0.2) is 79.3 Å². The van der Waals surface area contributed by atoms with E-state index in [4.69, 9.17) is 9.47 Å². The van der Waals surface area contributed by atoms with Gasteiger partial charge in [0.25, 0.3) is 0 Å². The van der Waals surface area contributed by atoms with E-state index in [2.05, 4.69) is 6.58 Å². The Labute approximate surface area is 140 Å². The van der Waals surface area contributed by atoms with Crippen LogP contribution in [0.2, 0.25) is 0 Å². The summed E-state index contributed by atoms with van der Waals surface area (Å²) in [6, 6.07) is 0. The Morgan fingerprint density at radius 3 is 2.46 bits per heavy atom. The summed E-state index contributed by atoms with van der Waals surface area (Å²) in [7, 11) is 0.